The lowest BCUT2D eigenvalue weighted by molar-refractivity contribution is 0.0493. The van der Waals surface area contributed by atoms with Crippen LogP contribution in [0.15, 0.2) is 24.3 Å². The van der Waals surface area contributed by atoms with Gasteiger partial charge >= 0.3 is 5.97 Å². The van der Waals surface area contributed by atoms with Crippen molar-refractivity contribution in [2.24, 2.45) is 0 Å². The Labute approximate surface area is 262 Å². The second-order valence-electron chi connectivity index (χ2n) is 12.7. The third kappa shape index (κ3) is 24.0. The average molecular weight is 587 g/mol. The van der Waals surface area contributed by atoms with Gasteiger partial charge in [0.1, 0.15) is 11.3 Å². The van der Waals surface area contributed by atoms with Gasteiger partial charge in [-0.1, -0.05) is 193 Å². The Morgan fingerprint density at radius 1 is 0.452 bits per heavy atom. The van der Waals surface area contributed by atoms with Gasteiger partial charge < -0.3 is 9.47 Å². The molecule has 0 atom stereocenters. The van der Waals surface area contributed by atoms with Crippen molar-refractivity contribution in [3.63, 3.8) is 0 Å². The van der Waals surface area contributed by atoms with Gasteiger partial charge in [0.2, 0.25) is 0 Å². The lowest BCUT2D eigenvalue weighted by Crippen LogP contribution is -2.09. The second-order valence-corrected chi connectivity index (χ2v) is 12.7. The molecule has 3 nitrogen and oxygen atoms in total. The summed E-state index contributed by atoms with van der Waals surface area (Å²) < 4.78 is 11.6. The SMILES string of the molecule is CCCCCCCCCCCCCCCCOC(=O)c1ccccc1OCCCCCCCCCCCCCCCC. The zero-order valence-electron chi connectivity index (χ0n) is 28.2. The number of hydrogen-bond acceptors (Lipinski definition) is 3. The van der Waals surface area contributed by atoms with E-state index in [0.717, 1.165) is 19.3 Å². The van der Waals surface area contributed by atoms with Crippen LogP contribution in [-0.2, 0) is 4.74 Å². The fourth-order valence-corrected chi connectivity index (χ4v) is 5.78. The third-order valence-electron chi connectivity index (χ3n) is 8.59. The fourth-order valence-electron chi connectivity index (χ4n) is 5.78. The van der Waals surface area contributed by atoms with E-state index in [1.165, 1.54) is 161 Å². The minimum absolute atomic E-state index is 0.249. The first-order chi connectivity index (χ1) is 20.8. The van der Waals surface area contributed by atoms with Crippen molar-refractivity contribution in [1.29, 1.82) is 0 Å². The Bertz CT molecular complexity index is 701. The first kappa shape index (κ1) is 38.5. The highest BCUT2D eigenvalue weighted by molar-refractivity contribution is 5.92. The van der Waals surface area contributed by atoms with E-state index >= 15 is 0 Å². The number of unbranched alkanes of at least 4 members (excludes halogenated alkanes) is 26. The molecule has 0 N–H and O–H groups in total. The van der Waals surface area contributed by atoms with Gasteiger partial charge in [-0.25, -0.2) is 4.79 Å². The Kier molecular flexibility index (Phi) is 28.4. The van der Waals surface area contributed by atoms with Gasteiger partial charge in [0.05, 0.1) is 13.2 Å². The minimum atomic E-state index is -0.249. The van der Waals surface area contributed by atoms with E-state index < -0.39 is 0 Å². The maximum Gasteiger partial charge on any atom is 0.341 e. The van der Waals surface area contributed by atoms with Gasteiger partial charge in [0.15, 0.2) is 0 Å². The van der Waals surface area contributed by atoms with Crippen LogP contribution in [-0.4, -0.2) is 19.2 Å². The summed E-state index contributed by atoms with van der Waals surface area (Å²) in [5, 5.41) is 0. The highest BCUT2D eigenvalue weighted by Gasteiger charge is 2.13. The van der Waals surface area contributed by atoms with E-state index in [1.54, 1.807) is 0 Å². The van der Waals surface area contributed by atoms with Gasteiger partial charge in [-0.15, -0.1) is 0 Å². The number of benzene rings is 1. The molecule has 0 bridgehead atoms. The van der Waals surface area contributed by atoms with Crippen molar-refractivity contribution >= 4 is 5.97 Å². The topological polar surface area (TPSA) is 35.5 Å². The van der Waals surface area contributed by atoms with Gasteiger partial charge in [0, 0.05) is 0 Å². The van der Waals surface area contributed by atoms with E-state index in [1.807, 2.05) is 24.3 Å². The zero-order chi connectivity index (χ0) is 30.2. The van der Waals surface area contributed by atoms with Crippen LogP contribution >= 0.6 is 0 Å². The molecule has 0 aliphatic rings. The molecule has 1 aromatic carbocycles. The van der Waals surface area contributed by atoms with Crippen LogP contribution in [0.25, 0.3) is 0 Å². The predicted molar refractivity (Wildman–Crippen MR) is 183 cm³/mol. The second kappa shape index (κ2) is 30.9. The first-order valence-electron chi connectivity index (χ1n) is 18.7. The van der Waals surface area contributed by atoms with E-state index in [4.69, 9.17) is 9.47 Å². The first-order valence-corrected chi connectivity index (χ1v) is 18.7. The van der Waals surface area contributed by atoms with Gasteiger partial charge in [0.25, 0.3) is 0 Å². The lowest BCUT2D eigenvalue weighted by atomic mass is 10.0. The van der Waals surface area contributed by atoms with Crippen molar-refractivity contribution in [3.05, 3.63) is 29.8 Å². The van der Waals surface area contributed by atoms with E-state index in [9.17, 15) is 4.79 Å². The number of rotatable bonds is 32. The summed E-state index contributed by atoms with van der Waals surface area (Å²) in [6, 6.07) is 7.55. The van der Waals surface area contributed by atoms with Crippen molar-refractivity contribution in [3.8, 4) is 5.75 Å². The van der Waals surface area contributed by atoms with Crippen molar-refractivity contribution < 1.29 is 14.3 Å². The van der Waals surface area contributed by atoms with E-state index in [0.29, 0.717) is 24.5 Å². The van der Waals surface area contributed by atoms with Crippen molar-refractivity contribution in [2.75, 3.05) is 13.2 Å². The van der Waals surface area contributed by atoms with Gasteiger partial charge in [-0.05, 0) is 25.0 Å². The van der Waals surface area contributed by atoms with Gasteiger partial charge in [-0.2, -0.15) is 0 Å². The van der Waals surface area contributed by atoms with E-state index in [-0.39, 0.29) is 5.97 Å². The Morgan fingerprint density at radius 3 is 1.19 bits per heavy atom. The molecule has 1 aromatic rings. The molecule has 42 heavy (non-hydrogen) atoms. The maximum absolute atomic E-state index is 12.7. The third-order valence-corrected chi connectivity index (χ3v) is 8.59. The number of carbonyl (C=O) groups excluding carboxylic acids is 1. The minimum Gasteiger partial charge on any atom is -0.493 e. The smallest absolute Gasteiger partial charge is 0.341 e. The lowest BCUT2D eigenvalue weighted by Gasteiger charge is -2.11. The molecule has 0 aromatic heterocycles. The van der Waals surface area contributed by atoms with Crippen LogP contribution in [0.5, 0.6) is 5.75 Å². The van der Waals surface area contributed by atoms with Crippen LogP contribution < -0.4 is 4.74 Å². The molecule has 0 spiro atoms. The highest BCUT2D eigenvalue weighted by Crippen LogP contribution is 2.20. The highest BCUT2D eigenvalue weighted by atomic mass is 16.5. The number of carbonyl (C=O) groups is 1. The molecule has 0 aliphatic carbocycles. The molecule has 1 rings (SSSR count). The molecule has 0 amide bonds. The number of ether oxygens (including phenoxy) is 2. The molecular formula is C39H70O3. The normalized spacial score (nSPS) is 11.2. The summed E-state index contributed by atoms with van der Waals surface area (Å²) in [6.45, 7) is 5.74. The average Bonchev–Trinajstić information content (AvgIpc) is 3.01. The maximum atomic E-state index is 12.7. The summed E-state index contributed by atoms with van der Waals surface area (Å²) in [7, 11) is 0. The van der Waals surface area contributed by atoms with Crippen molar-refractivity contribution in [1.82, 2.24) is 0 Å². The number of hydrogen-bond donors (Lipinski definition) is 0. The molecule has 0 radical (unpaired) electrons. The quantitative estimate of drug-likeness (QED) is 0.0622. The van der Waals surface area contributed by atoms with Gasteiger partial charge in [-0.3, -0.25) is 0 Å². The summed E-state index contributed by atoms with van der Waals surface area (Å²) in [6.07, 6.45) is 37.5. The zero-order valence-corrected chi connectivity index (χ0v) is 28.2. The molecule has 0 saturated heterocycles. The molecule has 3 heteroatoms. The van der Waals surface area contributed by atoms with E-state index in [2.05, 4.69) is 13.8 Å². The Hall–Kier alpha value is -1.51. The monoisotopic (exact) mass is 587 g/mol. The molecule has 0 aliphatic heterocycles. The Balaban J connectivity index is 1.97. The summed E-state index contributed by atoms with van der Waals surface area (Å²) in [4.78, 5) is 12.7. The van der Waals surface area contributed by atoms with Crippen LogP contribution in [0.1, 0.15) is 204 Å². The summed E-state index contributed by atoms with van der Waals surface area (Å²) in [5.74, 6) is 0.416. The molecule has 0 fully saturated rings. The molecule has 244 valence electrons. The molecule has 0 unspecified atom stereocenters. The van der Waals surface area contributed by atoms with Crippen LogP contribution in [0, 0.1) is 0 Å². The molecule has 0 saturated carbocycles. The standard InChI is InChI=1S/C39H70O3/c1-3-5-7-9-11-13-15-17-19-21-23-25-27-31-35-41-38-34-30-29-33-37(38)39(40)42-36-32-28-26-24-22-20-18-16-14-12-10-8-6-4-2/h29-30,33-34H,3-28,31-32,35-36H2,1-2H3. The molecular weight excluding hydrogens is 516 g/mol. The van der Waals surface area contributed by atoms with Crippen LogP contribution in [0.3, 0.4) is 0 Å². The Morgan fingerprint density at radius 2 is 0.786 bits per heavy atom. The fraction of sp³-hybridized carbons (Fsp3) is 0.821. The van der Waals surface area contributed by atoms with Crippen LogP contribution in [0.4, 0.5) is 0 Å². The number of esters is 1. The number of para-hydroxylation sites is 1. The summed E-state index contributed by atoms with van der Waals surface area (Å²) in [5.41, 5.74) is 0.563. The predicted octanol–water partition coefficient (Wildman–Crippen LogP) is 13.2. The van der Waals surface area contributed by atoms with Crippen LogP contribution in [0.2, 0.25) is 0 Å². The largest absolute Gasteiger partial charge is 0.493 e. The summed E-state index contributed by atoms with van der Waals surface area (Å²) >= 11 is 0. The van der Waals surface area contributed by atoms with Crippen molar-refractivity contribution in [2.45, 2.75) is 194 Å². The molecule has 0 heterocycles.